The summed E-state index contributed by atoms with van der Waals surface area (Å²) in [6, 6.07) is 0. The average molecular weight is 90.2 g/mol. The zero-order valence-corrected chi connectivity index (χ0v) is 5.01. The number of hydrogen-bond donors (Lipinski definition) is 1. The Morgan fingerprint density at radius 2 is 2.20 bits per heavy atom. The van der Waals surface area contributed by atoms with Crippen LogP contribution in [0.3, 0.4) is 0 Å². The second-order valence-electron chi connectivity index (χ2n) is 0.877. The Morgan fingerprint density at radius 3 is 2.20 bits per heavy atom. The van der Waals surface area contributed by atoms with Crippen molar-refractivity contribution >= 4 is 16.5 Å². The molecule has 0 rings (SSSR count). The average Bonchev–Trinajstić information content (AvgIpc) is 1.38. The summed E-state index contributed by atoms with van der Waals surface area (Å²) in [4.78, 5) is 9.29. The van der Waals surface area contributed by atoms with Crippen LogP contribution in [0.2, 0.25) is 0 Å². The van der Waals surface area contributed by atoms with Crippen molar-refractivity contribution in [2.24, 2.45) is 0 Å². The fourth-order valence-electron chi connectivity index (χ4n) is 0. The summed E-state index contributed by atoms with van der Waals surface area (Å²) in [7, 11) is 0.557. The Hall–Kier alpha value is -0.153. The highest BCUT2D eigenvalue weighted by Crippen LogP contribution is 1.53. The summed E-state index contributed by atoms with van der Waals surface area (Å²) in [6.45, 7) is 0. The quantitative estimate of drug-likeness (QED) is 0.295. The van der Waals surface area contributed by atoms with Crippen LogP contribution >= 0.6 is 0 Å². The van der Waals surface area contributed by atoms with E-state index in [2.05, 4.69) is 0 Å². The predicted octanol–water partition coefficient (Wildman–Crippen LogP) is -2.13. The zero-order chi connectivity index (χ0) is 4.28. The molecule has 0 spiro atoms. The van der Waals surface area contributed by atoms with Gasteiger partial charge >= 0.3 is 0 Å². The summed E-state index contributed by atoms with van der Waals surface area (Å²) < 4.78 is 0. The second kappa shape index (κ2) is 2.11. The molecule has 0 aliphatic carbocycles. The molecule has 0 heterocycles. The monoisotopic (exact) mass is 90.0 g/mol. The molecule has 0 fully saturated rings. The lowest BCUT2D eigenvalue weighted by Crippen LogP contribution is -2.04. The molecule has 1 N–H and O–H groups in total. The molecule has 0 aliphatic heterocycles. The molecular weight excluding hydrogens is 84.1 g/mol. The third kappa shape index (κ3) is 3.85. The van der Waals surface area contributed by atoms with Gasteiger partial charge in [0.25, 0.3) is 0 Å². The molecule has 0 radical (unpaired) electrons. The van der Waals surface area contributed by atoms with E-state index in [9.17, 15) is 4.79 Å². The highest BCUT2D eigenvalue weighted by Gasteiger charge is 1.81. The number of hydrogen-bond acceptors (Lipinski definition) is 2. The van der Waals surface area contributed by atoms with Gasteiger partial charge in [0.05, 0.1) is 5.73 Å². The highest BCUT2D eigenvalue weighted by atomic mass is 28.1. The van der Waals surface area contributed by atoms with Gasteiger partial charge < -0.3 is 9.90 Å². The molecule has 3 heteroatoms. The lowest BCUT2D eigenvalue weighted by molar-refractivity contribution is -0.111. The van der Waals surface area contributed by atoms with Crippen LogP contribution in [0.5, 0.6) is 0 Å². The first kappa shape index (κ1) is 4.85. The van der Waals surface area contributed by atoms with Crippen molar-refractivity contribution in [1.29, 1.82) is 0 Å². The number of rotatable bonds is 1. The maximum absolute atomic E-state index is 9.29. The van der Waals surface area contributed by atoms with E-state index in [1.807, 2.05) is 0 Å². The van der Waals surface area contributed by atoms with Gasteiger partial charge in [-0.25, -0.2) is 0 Å². The van der Waals surface area contributed by atoms with Gasteiger partial charge in [0, 0.05) is 10.2 Å². The summed E-state index contributed by atoms with van der Waals surface area (Å²) >= 11 is 0. The molecule has 0 aromatic heterocycles. The number of aldehydes is 1. The fourth-order valence-corrected chi connectivity index (χ4v) is 0. The van der Waals surface area contributed by atoms with Crippen LogP contribution in [-0.4, -0.2) is 27.4 Å². The molecule has 0 aliphatic rings. The Bertz CT molecular complexity index is 34.6. The Balaban J connectivity index is 2.83. The fraction of sp³-hybridized carbons (Fsp3) is 0.500. The molecule has 5 heavy (non-hydrogen) atoms. The van der Waals surface area contributed by atoms with Crippen molar-refractivity contribution in [1.82, 2.24) is 0 Å². The van der Waals surface area contributed by atoms with Crippen molar-refractivity contribution in [3.8, 4) is 0 Å². The van der Waals surface area contributed by atoms with Crippen LogP contribution < -0.4 is 0 Å². The smallest absolute Gasteiger partial charge is 0.144 e. The largest absolute Gasteiger partial charge is 0.390 e. The Kier molecular flexibility index (Phi) is 2.04. The van der Waals surface area contributed by atoms with Crippen LogP contribution in [0.4, 0.5) is 0 Å². The van der Waals surface area contributed by atoms with Gasteiger partial charge in [-0.3, -0.25) is 0 Å². The van der Waals surface area contributed by atoms with Crippen LogP contribution in [-0.2, 0) is 4.79 Å². The topological polar surface area (TPSA) is 37.3 Å². The minimum atomic E-state index is -0.657. The maximum Gasteiger partial charge on any atom is 0.144 e. The molecule has 0 aromatic carbocycles. The van der Waals surface area contributed by atoms with Crippen LogP contribution in [0.15, 0.2) is 0 Å². The van der Waals surface area contributed by atoms with Gasteiger partial charge in [0.2, 0.25) is 0 Å². The Labute approximate surface area is 33.2 Å². The SMILES string of the molecule is O=CC(O)[SiH3]. The minimum Gasteiger partial charge on any atom is -0.390 e. The molecule has 0 amide bonds. The van der Waals surface area contributed by atoms with Crippen molar-refractivity contribution in [3.63, 3.8) is 0 Å². The van der Waals surface area contributed by atoms with E-state index in [1.54, 1.807) is 0 Å². The molecule has 2 nitrogen and oxygen atoms in total. The summed E-state index contributed by atoms with van der Waals surface area (Å²) in [6.07, 6.45) is 0.534. The molecule has 0 saturated heterocycles. The van der Waals surface area contributed by atoms with Gasteiger partial charge in [-0.05, 0) is 0 Å². The van der Waals surface area contributed by atoms with E-state index < -0.39 is 5.73 Å². The molecule has 0 aromatic rings. The second-order valence-corrected chi connectivity index (χ2v) is 2.06. The van der Waals surface area contributed by atoms with Gasteiger partial charge in [-0.1, -0.05) is 0 Å². The van der Waals surface area contributed by atoms with Crippen molar-refractivity contribution in [2.75, 3.05) is 0 Å². The number of aliphatic hydroxyl groups excluding tert-OH is 1. The van der Waals surface area contributed by atoms with Crippen LogP contribution in [0.1, 0.15) is 0 Å². The third-order valence-corrected chi connectivity index (χ3v) is 0.469. The lowest BCUT2D eigenvalue weighted by atomic mass is 10.8. The first-order valence-corrected chi connectivity index (χ1v) is 2.56. The summed E-state index contributed by atoms with van der Waals surface area (Å²) in [5.74, 6) is 0. The van der Waals surface area contributed by atoms with E-state index >= 15 is 0 Å². The van der Waals surface area contributed by atoms with E-state index in [1.165, 1.54) is 0 Å². The number of carbonyl (C=O) groups is 1. The zero-order valence-electron chi connectivity index (χ0n) is 3.01. The third-order valence-electron chi connectivity index (χ3n) is 0.197. The predicted molar refractivity (Wildman–Crippen MR) is 22.0 cm³/mol. The van der Waals surface area contributed by atoms with Gasteiger partial charge in [-0.15, -0.1) is 0 Å². The summed E-state index contributed by atoms with van der Waals surface area (Å²) in [5.41, 5.74) is -0.657. The maximum atomic E-state index is 9.29. The number of carbonyl (C=O) groups excluding carboxylic acids is 1. The molecule has 30 valence electrons. The molecule has 1 unspecified atom stereocenters. The molecule has 0 saturated carbocycles. The van der Waals surface area contributed by atoms with E-state index in [-0.39, 0.29) is 0 Å². The number of aliphatic hydroxyl groups is 1. The van der Waals surface area contributed by atoms with Crippen LogP contribution in [0.25, 0.3) is 0 Å². The Morgan fingerprint density at radius 1 is 2.00 bits per heavy atom. The first-order valence-electron chi connectivity index (χ1n) is 1.40. The minimum absolute atomic E-state index is 0.534. The normalized spacial score (nSPS) is 14.6. The van der Waals surface area contributed by atoms with Crippen LogP contribution in [0, 0.1) is 0 Å². The van der Waals surface area contributed by atoms with Crippen molar-refractivity contribution < 1.29 is 9.90 Å². The van der Waals surface area contributed by atoms with Crippen molar-refractivity contribution in [2.45, 2.75) is 5.73 Å². The lowest BCUT2D eigenvalue weighted by Gasteiger charge is -1.79. The van der Waals surface area contributed by atoms with E-state index in [0.29, 0.717) is 16.5 Å². The van der Waals surface area contributed by atoms with E-state index in [4.69, 9.17) is 5.11 Å². The molecule has 0 bridgehead atoms. The molecular formula is C2H6O2Si. The van der Waals surface area contributed by atoms with Gasteiger partial charge in [-0.2, -0.15) is 0 Å². The summed E-state index contributed by atoms with van der Waals surface area (Å²) in [5, 5.41) is 8.05. The highest BCUT2D eigenvalue weighted by molar-refractivity contribution is 6.18. The van der Waals surface area contributed by atoms with Crippen molar-refractivity contribution in [3.05, 3.63) is 0 Å². The van der Waals surface area contributed by atoms with Gasteiger partial charge in [0.15, 0.2) is 0 Å². The van der Waals surface area contributed by atoms with E-state index in [0.717, 1.165) is 0 Å². The van der Waals surface area contributed by atoms with Gasteiger partial charge in [0.1, 0.15) is 6.29 Å². The standard InChI is InChI=1S/C2H6O2Si/c3-1-2(4)5/h1-2,4H,5H3. The first-order chi connectivity index (χ1) is 2.27. The molecule has 1 atom stereocenters.